The zero-order chi connectivity index (χ0) is 12.4. The average Bonchev–Trinajstić information content (AvgIpc) is 2.84. The highest BCUT2D eigenvalue weighted by Crippen LogP contribution is 2.37. The van der Waals surface area contributed by atoms with Gasteiger partial charge in [0.05, 0.1) is 0 Å². The van der Waals surface area contributed by atoms with Crippen molar-refractivity contribution in [2.24, 2.45) is 0 Å². The molecule has 0 saturated heterocycles. The van der Waals surface area contributed by atoms with E-state index in [4.69, 9.17) is 0 Å². The summed E-state index contributed by atoms with van der Waals surface area (Å²) in [5, 5.41) is 3.55. The lowest BCUT2D eigenvalue weighted by atomic mass is 9.98. The lowest BCUT2D eigenvalue weighted by Gasteiger charge is -2.13. The maximum Gasteiger partial charge on any atom is 0.115 e. The summed E-state index contributed by atoms with van der Waals surface area (Å²) in [6.45, 7) is 3.18. The van der Waals surface area contributed by atoms with Gasteiger partial charge in [-0.25, -0.2) is 9.97 Å². The number of fused-ring (bicyclic) bond motifs is 1. The van der Waals surface area contributed by atoms with E-state index < -0.39 is 0 Å². The van der Waals surface area contributed by atoms with Crippen LogP contribution >= 0.6 is 0 Å². The number of hydrogen-bond donors (Lipinski definition) is 1. The topological polar surface area (TPSA) is 37.8 Å². The minimum absolute atomic E-state index is 0.509. The summed E-state index contributed by atoms with van der Waals surface area (Å²) in [6, 6.07) is 7.06. The van der Waals surface area contributed by atoms with Gasteiger partial charge in [0, 0.05) is 24.0 Å². The molecule has 1 N–H and O–H groups in total. The molecule has 2 aromatic rings. The predicted molar refractivity (Wildman–Crippen MR) is 72.2 cm³/mol. The van der Waals surface area contributed by atoms with Gasteiger partial charge >= 0.3 is 0 Å². The third kappa shape index (κ3) is 1.91. The highest BCUT2D eigenvalue weighted by Gasteiger charge is 2.23. The van der Waals surface area contributed by atoms with Gasteiger partial charge in [0.25, 0.3) is 0 Å². The van der Waals surface area contributed by atoms with E-state index in [9.17, 15) is 0 Å². The fourth-order valence-corrected chi connectivity index (χ4v) is 2.82. The number of nitrogens with one attached hydrogen (secondary N) is 1. The van der Waals surface area contributed by atoms with Crippen LogP contribution in [0, 0.1) is 0 Å². The Kier molecular flexibility index (Phi) is 3.07. The van der Waals surface area contributed by atoms with E-state index in [1.54, 1.807) is 6.33 Å². The van der Waals surface area contributed by atoms with Crippen LogP contribution in [0.15, 0.2) is 36.9 Å². The van der Waals surface area contributed by atoms with Gasteiger partial charge in [0.2, 0.25) is 0 Å². The van der Waals surface area contributed by atoms with Gasteiger partial charge in [-0.3, -0.25) is 0 Å². The van der Waals surface area contributed by atoms with Gasteiger partial charge in [-0.15, -0.1) is 0 Å². The van der Waals surface area contributed by atoms with Gasteiger partial charge in [-0.2, -0.15) is 0 Å². The molecule has 1 unspecified atom stereocenters. The van der Waals surface area contributed by atoms with Gasteiger partial charge in [0.1, 0.15) is 6.33 Å². The van der Waals surface area contributed by atoms with E-state index >= 15 is 0 Å². The van der Waals surface area contributed by atoms with Crippen molar-refractivity contribution < 1.29 is 0 Å². The third-order valence-electron chi connectivity index (χ3n) is 3.59. The Balaban J connectivity index is 2.04. The molecule has 18 heavy (non-hydrogen) atoms. The molecule has 3 nitrogen and oxygen atoms in total. The Labute approximate surface area is 107 Å². The minimum atomic E-state index is 0.509. The van der Waals surface area contributed by atoms with Crippen molar-refractivity contribution in [1.29, 1.82) is 0 Å². The van der Waals surface area contributed by atoms with Crippen LogP contribution in [0.3, 0.4) is 0 Å². The standard InChI is InChI=1S/C15H17N3/c1-2-18-15-7-6-13-12(4-3-5-14(13)15)11-8-16-10-17-9-11/h3-5,8-10,15,18H,2,6-7H2,1H3. The molecule has 92 valence electrons. The molecule has 3 heteroatoms. The predicted octanol–water partition coefficient (Wildman–Crippen LogP) is 2.74. The molecule has 1 heterocycles. The SMILES string of the molecule is CCNC1CCc2c(-c3cncnc3)cccc21. The molecule has 0 amide bonds. The monoisotopic (exact) mass is 239 g/mol. The molecule has 0 bridgehead atoms. The Hall–Kier alpha value is -1.74. The van der Waals surface area contributed by atoms with Crippen LogP contribution in [0.25, 0.3) is 11.1 Å². The second-order valence-electron chi connectivity index (χ2n) is 4.65. The van der Waals surface area contributed by atoms with Crippen molar-refractivity contribution in [3.05, 3.63) is 48.0 Å². The molecule has 0 saturated carbocycles. The second kappa shape index (κ2) is 4.86. The van der Waals surface area contributed by atoms with Crippen LogP contribution in [0.4, 0.5) is 0 Å². The molecule has 1 aliphatic carbocycles. The summed E-state index contributed by atoms with van der Waals surface area (Å²) < 4.78 is 0. The fourth-order valence-electron chi connectivity index (χ4n) is 2.82. The molecule has 0 radical (unpaired) electrons. The summed E-state index contributed by atoms with van der Waals surface area (Å²) in [7, 11) is 0. The highest BCUT2D eigenvalue weighted by atomic mass is 14.9. The van der Waals surface area contributed by atoms with Crippen molar-refractivity contribution in [2.45, 2.75) is 25.8 Å². The Bertz CT molecular complexity index is 537. The number of hydrogen-bond acceptors (Lipinski definition) is 3. The fraction of sp³-hybridized carbons (Fsp3) is 0.333. The third-order valence-corrected chi connectivity index (χ3v) is 3.59. The first-order valence-corrected chi connectivity index (χ1v) is 6.50. The molecule has 1 aromatic heterocycles. The molecule has 0 fully saturated rings. The van der Waals surface area contributed by atoms with Crippen LogP contribution in [0.2, 0.25) is 0 Å². The zero-order valence-corrected chi connectivity index (χ0v) is 10.6. The summed E-state index contributed by atoms with van der Waals surface area (Å²) in [4.78, 5) is 8.23. The number of benzene rings is 1. The number of aromatic nitrogens is 2. The molecule has 0 aliphatic heterocycles. The van der Waals surface area contributed by atoms with Crippen LogP contribution in [-0.4, -0.2) is 16.5 Å². The molecule has 1 aliphatic rings. The lowest BCUT2D eigenvalue weighted by Crippen LogP contribution is -2.18. The molecule has 1 atom stereocenters. The lowest BCUT2D eigenvalue weighted by molar-refractivity contribution is 0.549. The first-order valence-electron chi connectivity index (χ1n) is 6.50. The van der Waals surface area contributed by atoms with Crippen molar-refractivity contribution in [3.8, 4) is 11.1 Å². The molecule has 0 spiro atoms. The van der Waals surface area contributed by atoms with Crippen molar-refractivity contribution in [3.63, 3.8) is 0 Å². The first-order chi connectivity index (χ1) is 8.90. The first kappa shape index (κ1) is 11.4. The van der Waals surface area contributed by atoms with Crippen molar-refractivity contribution in [1.82, 2.24) is 15.3 Å². The largest absolute Gasteiger partial charge is 0.310 e. The Morgan fingerprint density at radius 1 is 1.28 bits per heavy atom. The van der Waals surface area contributed by atoms with Crippen LogP contribution < -0.4 is 5.32 Å². The molecule has 1 aromatic carbocycles. The quantitative estimate of drug-likeness (QED) is 0.895. The smallest absolute Gasteiger partial charge is 0.115 e. The van der Waals surface area contributed by atoms with Gasteiger partial charge in [0.15, 0.2) is 0 Å². The highest BCUT2D eigenvalue weighted by molar-refractivity contribution is 5.68. The normalized spacial score (nSPS) is 17.7. The van der Waals surface area contributed by atoms with Crippen molar-refractivity contribution >= 4 is 0 Å². The Morgan fingerprint density at radius 2 is 2.11 bits per heavy atom. The second-order valence-corrected chi connectivity index (χ2v) is 4.65. The summed E-state index contributed by atoms with van der Waals surface area (Å²) in [5.41, 5.74) is 5.30. The minimum Gasteiger partial charge on any atom is -0.310 e. The average molecular weight is 239 g/mol. The maximum absolute atomic E-state index is 4.12. The van der Waals surface area contributed by atoms with E-state index in [1.165, 1.54) is 23.1 Å². The zero-order valence-electron chi connectivity index (χ0n) is 10.6. The molecular formula is C15H17N3. The van der Waals surface area contributed by atoms with E-state index in [0.717, 1.165) is 18.5 Å². The summed E-state index contributed by atoms with van der Waals surface area (Å²) >= 11 is 0. The van der Waals surface area contributed by atoms with Crippen LogP contribution in [0.5, 0.6) is 0 Å². The van der Waals surface area contributed by atoms with Crippen LogP contribution in [-0.2, 0) is 6.42 Å². The van der Waals surface area contributed by atoms with E-state index in [0.29, 0.717) is 6.04 Å². The van der Waals surface area contributed by atoms with Gasteiger partial charge < -0.3 is 5.32 Å². The van der Waals surface area contributed by atoms with Crippen LogP contribution in [0.1, 0.15) is 30.5 Å². The summed E-state index contributed by atoms with van der Waals surface area (Å²) in [6.07, 6.45) is 7.69. The van der Waals surface area contributed by atoms with E-state index in [-0.39, 0.29) is 0 Å². The maximum atomic E-state index is 4.12. The number of rotatable bonds is 3. The summed E-state index contributed by atoms with van der Waals surface area (Å²) in [5.74, 6) is 0. The van der Waals surface area contributed by atoms with Gasteiger partial charge in [-0.05, 0) is 36.1 Å². The molecular weight excluding hydrogens is 222 g/mol. The molecule has 3 rings (SSSR count). The van der Waals surface area contributed by atoms with Gasteiger partial charge in [-0.1, -0.05) is 25.1 Å². The van der Waals surface area contributed by atoms with E-state index in [2.05, 4.69) is 40.4 Å². The van der Waals surface area contributed by atoms with E-state index in [1.807, 2.05) is 12.4 Å². The van der Waals surface area contributed by atoms with Crippen molar-refractivity contribution in [2.75, 3.05) is 6.54 Å². The Morgan fingerprint density at radius 3 is 2.89 bits per heavy atom. The number of nitrogens with zero attached hydrogens (tertiary/aromatic N) is 2.